The number of phenolic OH excluding ortho intramolecular Hbond substituents is 1. The van der Waals surface area contributed by atoms with Crippen LogP contribution in [0.15, 0.2) is 121 Å². The van der Waals surface area contributed by atoms with Gasteiger partial charge in [-0.2, -0.15) is 0 Å². The van der Waals surface area contributed by atoms with Crippen LogP contribution in [0.4, 0.5) is 0 Å². The SMILES string of the molecule is Oc1ccc2c(c1-c1cccc3ccccc13)C=CC(c1ccccc1)(c1ccccc1)C2. The van der Waals surface area contributed by atoms with Gasteiger partial charge < -0.3 is 5.11 Å². The Hall–Kier alpha value is -4.10. The quantitative estimate of drug-likeness (QED) is 0.314. The summed E-state index contributed by atoms with van der Waals surface area (Å²) in [6.07, 6.45) is 5.38. The van der Waals surface area contributed by atoms with Gasteiger partial charge in [-0.25, -0.2) is 0 Å². The zero-order chi connectivity index (χ0) is 22.3. The average molecular weight is 425 g/mol. The van der Waals surface area contributed by atoms with Gasteiger partial charge in [-0.3, -0.25) is 0 Å². The molecule has 0 heterocycles. The third-order valence-electron chi connectivity index (χ3n) is 6.95. The maximum atomic E-state index is 11.0. The van der Waals surface area contributed by atoms with E-state index in [1.807, 2.05) is 6.07 Å². The van der Waals surface area contributed by atoms with Gasteiger partial charge in [-0.1, -0.05) is 121 Å². The van der Waals surface area contributed by atoms with E-state index in [-0.39, 0.29) is 5.41 Å². The van der Waals surface area contributed by atoms with Gasteiger partial charge in [0, 0.05) is 11.0 Å². The highest BCUT2D eigenvalue weighted by Gasteiger charge is 2.35. The Morgan fingerprint density at radius 3 is 1.97 bits per heavy atom. The maximum absolute atomic E-state index is 11.0. The van der Waals surface area contributed by atoms with Gasteiger partial charge in [0.05, 0.1) is 0 Å². The van der Waals surface area contributed by atoms with E-state index in [9.17, 15) is 5.11 Å². The topological polar surface area (TPSA) is 20.2 Å². The average Bonchev–Trinajstić information content (AvgIpc) is 2.89. The Morgan fingerprint density at radius 1 is 0.606 bits per heavy atom. The van der Waals surface area contributed by atoms with Crippen LogP contribution >= 0.6 is 0 Å². The summed E-state index contributed by atoms with van der Waals surface area (Å²) < 4.78 is 0. The lowest BCUT2D eigenvalue weighted by Gasteiger charge is -2.36. The number of allylic oxidation sites excluding steroid dienone is 1. The van der Waals surface area contributed by atoms with Crippen molar-refractivity contribution in [2.24, 2.45) is 0 Å². The lowest BCUT2D eigenvalue weighted by Crippen LogP contribution is -2.30. The molecule has 0 aromatic heterocycles. The molecule has 0 saturated carbocycles. The number of aromatic hydroxyl groups is 1. The molecule has 6 rings (SSSR count). The van der Waals surface area contributed by atoms with Crippen LogP contribution in [-0.2, 0) is 11.8 Å². The van der Waals surface area contributed by atoms with Gasteiger partial charge in [0.25, 0.3) is 0 Å². The van der Waals surface area contributed by atoms with E-state index in [4.69, 9.17) is 0 Å². The third kappa shape index (κ3) is 3.16. The predicted octanol–water partition coefficient (Wildman–Crippen LogP) is 7.77. The molecular formula is C32H24O. The Kier molecular flexibility index (Phi) is 4.62. The van der Waals surface area contributed by atoms with Crippen molar-refractivity contribution in [3.63, 3.8) is 0 Å². The summed E-state index contributed by atoms with van der Waals surface area (Å²) >= 11 is 0. The highest BCUT2D eigenvalue weighted by atomic mass is 16.3. The molecule has 1 heteroatoms. The number of fused-ring (bicyclic) bond motifs is 2. The van der Waals surface area contributed by atoms with Gasteiger partial charge in [-0.05, 0) is 51.1 Å². The Morgan fingerprint density at radius 2 is 1.24 bits per heavy atom. The molecule has 5 aromatic rings. The van der Waals surface area contributed by atoms with Crippen molar-refractivity contribution in [1.29, 1.82) is 0 Å². The summed E-state index contributed by atoms with van der Waals surface area (Å²) in [5.74, 6) is 0.321. The van der Waals surface area contributed by atoms with Crippen LogP contribution in [0.2, 0.25) is 0 Å². The van der Waals surface area contributed by atoms with Crippen molar-refractivity contribution in [3.8, 4) is 16.9 Å². The number of benzene rings is 5. The molecule has 0 unspecified atom stereocenters. The molecule has 158 valence electrons. The maximum Gasteiger partial charge on any atom is 0.124 e. The second kappa shape index (κ2) is 7.79. The van der Waals surface area contributed by atoms with E-state index in [0.29, 0.717) is 5.75 Å². The Labute approximate surface area is 194 Å². The van der Waals surface area contributed by atoms with Crippen molar-refractivity contribution >= 4 is 16.8 Å². The normalized spacial score (nSPS) is 14.2. The molecule has 5 aromatic carbocycles. The number of hydrogen-bond acceptors (Lipinski definition) is 1. The van der Waals surface area contributed by atoms with Crippen molar-refractivity contribution in [2.45, 2.75) is 11.8 Å². The second-order valence-corrected chi connectivity index (χ2v) is 8.77. The number of rotatable bonds is 3. The summed E-state index contributed by atoms with van der Waals surface area (Å²) in [4.78, 5) is 0. The summed E-state index contributed by atoms with van der Waals surface area (Å²) in [5.41, 5.74) is 6.63. The van der Waals surface area contributed by atoms with Crippen molar-refractivity contribution < 1.29 is 5.11 Å². The van der Waals surface area contributed by atoms with E-state index in [1.165, 1.54) is 22.1 Å². The number of hydrogen-bond donors (Lipinski definition) is 1. The fourth-order valence-electron chi connectivity index (χ4n) is 5.34. The molecule has 0 saturated heterocycles. The first-order chi connectivity index (χ1) is 16.3. The highest BCUT2D eigenvalue weighted by molar-refractivity contribution is 6.00. The molecule has 0 fully saturated rings. The minimum absolute atomic E-state index is 0.248. The van der Waals surface area contributed by atoms with Crippen LogP contribution in [0, 0.1) is 0 Å². The second-order valence-electron chi connectivity index (χ2n) is 8.77. The Balaban J connectivity index is 1.58. The molecule has 0 radical (unpaired) electrons. The molecule has 1 aliphatic rings. The van der Waals surface area contributed by atoms with Crippen LogP contribution in [0.1, 0.15) is 22.3 Å². The van der Waals surface area contributed by atoms with E-state index in [0.717, 1.165) is 28.5 Å². The summed E-state index contributed by atoms with van der Waals surface area (Å²) in [5, 5.41) is 13.3. The summed E-state index contributed by atoms with van der Waals surface area (Å²) in [6.45, 7) is 0. The predicted molar refractivity (Wildman–Crippen MR) is 137 cm³/mol. The van der Waals surface area contributed by atoms with E-state index in [2.05, 4.69) is 121 Å². The highest BCUT2D eigenvalue weighted by Crippen LogP contribution is 2.46. The molecule has 1 nitrogen and oxygen atoms in total. The van der Waals surface area contributed by atoms with Crippen LogP contribution in [0.25, 0.3) is 28.0 Å². The fourth-order valence-corrected chi connectivity index (χ4v) is 5.34. The van der Waals surface area contributed by atoms with Crippen molar-refractivity contribution in [2.75, 3.05) is 0 Å². The van der Waals surface area contributed by atoms with Gasteiger partial charge in [-0.15, -0.1) is 0 Å². The van der Waals surface area contributed by atoms with Crippen LogP contribution < -0.4 is 0 Å². The largest absolute Gasteiger partial charge is 0.507 e. The van der Waals surface area contributed by atoms with Crippen molar-refractivity contribution in [1.82, 2.24) is 0 Å². The van der Waals surface area contributed by atoms with Crippen LogP contribution in [0.3, 0.4) is 0 Å². The van der Waals surface area contributed by atoms with Gasteiger partial charge >= 0.3 is 0 Å². The molecule has 0 aliphatic heterocycles. The molecule has 0 amide bonds. The van der Waals surface area contributed by atoms with Gasteiger partial charge in [0.15, 0.2) is 0 Å². The van der Waals surface area contributed by atoms with E-state index >= 15 is 0 Å². The van der Waals surface area contributed by atoms with Crippen molar-refractivity contribution in [3.05, 3.63) is 144 Å². The minimum atomic E-state index is -0.248. The molecule has 33 heavy (non-hydrogen) atoms. The zero-order valence-corrected chi connectivity index (χ0v) is 18.3. The lowest BCUT2D eigenvalue weighted by atomic mass is 9.66. The van der Waals surface area contributed by atoms with E-state index in [1.54, 1.807) is 0 Å². The fraction of sp³-hybridized carbons (Fsp3) is 0.0625. The number of phenols is 1. The molecule has 0 atom stereocenters. The molecule has 1 N–H and O–H groups in total. The molecule has 1 aliphatic carbocycles. The zero-order valence-electron chi connectivity index (χ0n) is 18.3. The molecular weight excluding hydrogens is 400 g/mol. The first kappa shape index (κ1) is 19.6. The first-order valence-corrected chi connectivity index (χ1v) is 11.4. The molecule has 0 spiro atoms. The first-order valence-electron chi connectivity index (χ1n) is 11.4. The van der Waals surface area contributed by atoms with Crippen LogP contribution in [-0.4, -0.2) is 5.11 Å². The molecule has 0 bridgehead atoms. The summed E-state index contributed by atoms with van der Waals surface area (Å²) in [7, 11) is 0. The van der Waals surface area contributed by atoms with Gasteiger partial charge in [0.1, 0.15) is 5.75 Å². The standard InChI is InChI=1S/C32H24O/c33-30-19-18-24-22-32(25-12-3-1-4-13-25,26-14-5-2-6-15-26)21-20-28(24)31(30)29-17-9-11-23-10-7-8-16-27(23)29/h1-21,33H,22H2. The summed E-state index contributed by atoms with van der Waals surface area (Å²) in [6, 6.07) is 40.1. The van der Waals surface area contributed by atoms with Crippen LogP contribution in [0.5, 0.6) is 5.75 Å². The van der Waals surface area contributed by atoms with E-state index < -0.39 is 0 Å². The monoisotopic (exact) mass is 424 g/mol. The Bertz CT molecular complexity index is 1440. The third-order valence-corrected chi connectivity index (χ3v) is 6.95. The van der Waals surface area contributed by atoms with Gasteiger partial charge in [0.2, 0.25) is 0 Å². The minimum Gasteiger partial charge on any atom is -0.507 e. The lowest BCUT2D eigenvalue weighted by molar-refractivity contribution is 0.476. The smallest absolute Gasteiger partial charge is 0.124 e.